The largest absolute Gasteiger partial charge is 0.494 e. The molecule has 1 fully saturated rings. The van der Waals surface area contributed by atoms with Crippen LogP contribution in [0.4, 0.5) is 42.0 Å². The van der Waals surface area contributed by atoms with Crippen molar-refractivity contribution in [3.05, 3.63) is 66.4 Å². The fraction of sp³-hybridized carbons (Fsp3) is 0.321. The molecule has 0 atom stereocenters. The maximum absolute atomic E-state index is 13.9. The van der Waals surface area contributed by atoms with Gasteiger partial charge >= 0.3 is 6.18 Å². The van der Waals surface area contributed by atoms with E-state index in [1.54, 1.807) is 30.3 Å². The Bertz CT molecular complexity index is 1390. The number of primary amides is 1. The summed E-state index contributed by atoms with van der Waals surface area (Å²) < 4.78 is 47.1. The minimum absolute atomic E-state index is 0.0864. The molecule has 4 N–H and O–H groups in total. The Morgan fingerprint density at radius 3 is 2.50 bits per heavy atom. The van der Waals surface area contributed by atoms with Crippen molar-refractivity contribution in [3.63, 3.8) is 0 Å². The second-order valence-electron chi connectivity index (χ2n) is 9.69. The van der Waals surface area contributed by atoms with E-state index in [0.29, 0.717) is 34.9 Å². The molecule has 0 saturated carbocycles. The van der Waals surface area contributed by atoms with E-state index in [-0.39, 0.29) is 11.5 Å². The highest BCUT2D eigenvalue weighted by molar-refractivity contribution is 6.18. The van der Waals surface area contributed by atoms with E-state index in [9.17, 15) is 18.0 Å². The van der Waals surface area contributed by atoms with Crippen LogP contribution in [0.2, 0.25) is 0 Å². The van der Waals surface area contributed by atoms with Crippen LogP contribution in [0.1, 0.15) is 24.0 Å². The number of nitrogens with one attached hydrogen (secondary N) is 2. The molecule has 40 heavy (non-hydrogen) atoms. The number of benzene rings is 2. The van der Waals surface area contributed by atoms with E-state index in [1.807, 2.05) is 12.1 Å². The maximum atomic E-state index is 13.9. The minimum Gasteiger partial charge on any atom is -0.494 e. The predicted molar refractivity (Wildman–Crippen MR) is 150 cm³/mol. The van der Waals surface area contributed by atoms with E-state index in [2.05, 4.69) is 51.1 Å². The standard InChI is InChI=1S/C28H32F3N7O2/c1-17(25(32)39)18-6-5-7-19(14-18)34-27-33-16-22(28(29,30)31)26(36-27)35-23-9-8-21(15-24(23)40-4)38-12-10-20(11-13-38)37(2)3/h5-9,14-16,20H,1,10-13H2,2-4H3,(H2,32,39)(H2,33,34,35,36). The quantitative estimate of drug-likeness (QED) is 0.316. The molecule has 1 amide bonds. The summed E-state index contributed by atoms with van der Waals surface area (Å²) in [4.78, 5) is 23.9. The highest BCUT2D eigenvalue weighted by Crippen LogP contribution is 2.38. The number of hydrogen-bond acceptors (Lipinski definition) is 8. The molecule has 9 nitrogen and oxygen atoms in total. The molecule has 0 bridgehead atoms. The molecule has 0 spiro atoms. The van der Waals surface area contributed by atoms with Gasteiger partial charge in [-0.25, -0.2) is 4.98 Å². The third-order valence-corrected chi connectivity index (χ3v) is 6.86. The number of alkyl halides is 3. The lowest BCUT2D eigenvalue weighted by Gasteiger charge is -2.36. The van der Waals surface area contributed by atoms with Crippen molar-refractivity contribution in [2.45, 2.75) is 25.1 Å². The summed E-state index contributed by atoms with van der Waals surface area (Å²) in [5.41, 5.74) is 6.50. The number of nitrogens with zero attached hydrogens (tertiary/aromatic N) is 4. The summed E-state index contributed by atoms with van der Waals surface area (Å²) in [6, 6.07) is 12.4. The highest BCUT2D eigenvalue weighted by Gasteiger charge is 2.35. The van der Waals surface area contributed by atoms with Gasteiger partial charge in [0, 0.05) is 48.3 Å². The molecule has 0 unspecified atom stereocenters. The lowest BCUT2D eigenvalue weighted by atomic mass is 10.0. The zero-order chi connectivity index (χ0) is 29.0. The predicted octanol–water partition coefficient (Wildman–Crippen LogP) is 5.02. The van der Waals surface area contributed by atoms with Crippen molar-refractivity contribution < 1.29 is 22.7 Å². The summed E-state index contributed by atoms with van der Waals surface area (Å²) in [6.45, 7) is 5.38. The Labute approximate surface area is 230 Å². The van der Waals surface area contributed by atoms with Gasteiger partial charge in [0.15, 0.2) is 0 Å². The average molecular weight is 556 g/mol. The molecular weight excluding hydrogens is 523 g/mol. The summed E-state index contributed by atoms with van der Waals surface area (Å²) in [5.74, 6) is -0.837. The molecule has 1 aliphatic rings. The van der Waals surface area contributed by atoms with E-state index in [0.717, 1.165) is 31.6 Å². The van der Waals surface area contributed by atoms with Crippen LogP contribution in [0, 0.1) is 0 Å². The van der Waals surface area contributed by atoms with Crippen LogP contribution in [0.3, 0.4) is 0 Å². The third-order valence-electron chi connectivity index (χ3n) is 6.86. The number of rotatable bonds is 9. The number of carbonyl (C=O) groups is 1. The number of methoxy groups -OCH3 is 1. The number of ether oxygens (including phenoxy) is 1. The first-order chi connectivity index (χ1) is 19.0. The molecule has 2 aromatic carbocycles. The number of halogens is 3. The number of nitrogens with two attached hydrogens (primary N) is 1. The van der Waals surface area contributed by atoms with Gasteiger partial charge < -0.3 is 30.9 Å². The van der Waals surface area contributed by atoms with Crippen LogP contribution in [-0.2, 0) is 11.0 Å². The van der Waals surface area contributed by atoms with E-state index < -0.39 is 23.5 Å². The molecule has 0 radical (unpaired) electrons. The van der Waals surface area contributed by atoms with Crippen molar-refractivity contribution in [1.82, 2.24) is 14.9 Å². The lowest BCUT2D eigenvalue weighted by Crippen LogP contribution is -2.41. The highest BCUT2D eigenvalue weighted by atomic mass is 19.4. The molecular formula is C28H32F3N7O2. The summed E-state index contributed by atoms with van der Waals surface area (Å²) >= 11 is 0. The summed E-state index contributed by atoms with van der Waals surface area (Å²) in [5, 5.41) is 5.66. The molecule has 4 rings (SSSR count). The zero-order valence-corrected chi connectivity index (χ0v) is 22.5. The van der Waals surface area contributed by atoms with Gasteiger partial charge in [0.1, 0.15) is 17.1 Å². The summed E-state index contributed by atoms with van der Waals surface area (Å²) in [7, 11) is 5.61. The number of anilines is 5. The molecule has 1 saturated heterocycles. The monoisotopic (exact) mass is 555 g/mol. The van der Waals surface area contributed by atoms with Gasteiger partial charge in [0.2, 0.25) is 11.9 Å². The normalized spacial score (nSPS) is 14.2. The Hall–Kier alpha value is -4.32. The maximum Gasteiger partial charge on any atom is 0.421 e. The van der Waals surface area contributed by atoms with Crippen LogP contribution in [0.15, 0.2) is 55.2 Å². The third kappa shape index (κ3) is 6.63. The first-order valence-electron chi connectivity index (χ1n) is 12.6. The van der Waals surface area contributed by atoms with E-state index in [4.69, 9.17) is 10.5 Å². The molecule has 2 heterocycles. The average Bonchev–Trinajstić information content (AvgIpc) is 2.92. The molecule has 1 aromatic heterocycles. The molecule has 1 aliphatic heterocycles. The first-order valence-corrected chi connectivity index (χ1v) is 12.6. The second kappa shape index (κ2) is 11.8. The minimum atomic E-state index is -4.70. The van der Waals surface area contributed by atoms with Crippen molar-refractivity contribution in [3.8, 4) is 5.75 Å². The number of aromatic nitrogens is 2. The van der Waals surface area contributed by atoms with Crippen molar-refractivity contribution >= 4 is 40.3 Å². The second-order valence-corrected chi connectivity index (χ2v) is 9.69. The van der Waals surface area contributed by atoms with Crippen molar-refractivity contribution in [2.75, 3.05) is 49.8 Å². The summed E-state index contributed by atoms with van der Waals surface area (Å²) in [6.07, 6.45) is -1.97. The van der Waals surface area contributed by atoms with Crippen molar-refractivity contribution in [1.29, 1.82) is 0 Å². The molecule has 12 heteroatoms. The number of piperidine rings is 1. The topological polar surface area (TPSA) is 109 Å². The number of hydrogen-bond donors (Lipinski definition) is 3. The van der Waals surface area contributed by atoms with Crippen LogP contribution in [-0.4, -0.2) is 61.1 Å². The van der Waals surface area contributed by atoms with Crippen LogP contribution in [0.5, 0.6) is 5.75 Å². The van der Waals surface area contributed by atoms with Crippen LogP contribution < -0.4 is 26.0 Å². The van der Waals surface area contributed by atoms with Crippen LogP contribution in [0.25, 0.3) is 5.57 Å². The fourth-order valence-corrected chi connectivity index (χ4v) is 4.55. The molecule has 3 aromatic rings. The van der Waals surface area contributed by atoms with Gasteiger partial charge in [-0.15, -0.1) is 0 Å². The zero-order valence-electron chi connectivity index (χ0n) is 22.5. The van der Waals surface area contributed by atoms with Gasteiger partial charge in [-0.2, -0.15) is 18.2 Å². The SMILES string of the molecule is C=C(C(N)=O)c1cccc(Nc2ncc(C(F)(F)F)c(Nc3ccc(N4CCC(N(C)C)CC4)cc3OC)n2)c1. The first kappa shape index (κ1) is 28.7. The lowest BCUT2D eigenvalue weighted by molar-refractivity contribution is -0.137. The van der Waals surface area contributed by atoms with Gasteiger partial charge in [-0.05, 0) is 56.8 Å². The van der Waals surface area contributed by atoms with Crippen LogP contribution >= 0.6 is 0 Å². The van der Waals surface area contributed by atoms with Crippen molar-refractivity contribution in [2.24, 2.45) is 5.73 Å². The Morgan fingerprint density at radius 2 is 1.88 bits per heavy atom. The Balaban J connectivity index is 1.60. The smallest absolute Gasteiger partial charge is 0.421 e. The number of carbonyl (C=O) groups excluding carboxylic acids is 1. The molecule has 0 aliphatic carbocycles. The Kier molecular flexibility index (Phi) is 8.48. The number of amides is 1. The van der Waals surface area contributed by atoms with E-state index in [1.165, 1.54) is 7.11 Å². The van der Waals surface area contributed by atoms with Gasteiger partial charge in [0.25, 0.3) is 0 Å². The molecule has 212 valence electrons. The Morgan fingerprint density at radius 1 is 1.15 bits per heavy atom. The van der Waals surface area contributed by atoms with Gasteiger partial charge in [0.05, 0.1) is 12.8 Å². The fourth-order valence-electron chi connectivity index (χ4n) is 4.55. The van der Waals surface area contributed by atoms with Gasteiger partial charge in [-0.1, -0.05) is 18.7 Å². The van der Waals surface area contributed by atoms with E-state index >= 15 is 0 Å². The van der Waals surface area contributed by atoms with Gasteiger partial charge in [-0.3, -0.25) is 4.79 Å².